The van der Waals surface area contributed by atoms with Gasteiger partial charge in [0.05, 0.1) is 30.0 Å². The number of carbonyl (C=O) groups excluding carboxylic acids is 3. The quantitative estimate of drug-likeness (QED) is 0.123. The van der Waals surface area contributed by atoms with Crippen LogP contribution in [0.5, 0.6) is 0 Å². The number of hydroxylamine groups is 1. The van der Waals surface area contributed by atoms with Crippen LogP contribution in [0.3, 0.4) is 0 Å². The van der Waals surface area contributed by atoms with Crippen molar-refractivity contribution >= 4 is 29.2 Å². The molecule has 0 saturated heterocycles. The highest BCUT2D eigenvalue weighted by Gasteiger charge is 2.46. The van der Waals surface area contributed by atoms with Crippen LogP contribution >= 0.6 is 0 Å². The molecule has 2 rings (SSSR count). The minimum atomic E-state index is -4.78. The number of ether oxygens (including phenoxy) is 2. The van der Waals surface area contributed by atoms with Crippen molar-refractivity contribution in [1.29, 1.82) is 0 Å². The second kappa shape index (κ2) is 12.0. The molecule has 1 aliphatic rings. The summed E-state index contributed by atoms with van der Waals surface area (Å²) in [5, 5.41) is 13.4. The Morgan fingerprint density at radius 1 is 1.17 bits per heavy atom. The summed E-state index contributed by atoms with van der Waals surface area (Å²) >= 11 is 0. The van der Waals surface area contributed by atoms with Gasteiger partial charge >= 0.3 is 24.0 Å². The van der Waals surface area contributed by atoms with E-state index in [9.17, 15) is 32.8 Å². The number of esters is 2. The van der Waals surface area contributed by atoms with E-state index in [1.807, 2.05) is 0 Å². The number of amides is 1. The molecule has 0 bridgehead atoms. The molecule has 188 valence electrons. The molecule has 1 heterocycles. The summed E-state index contributed by atoms with van der Waals surface area (Å²) in [4.78, 5) is 37.3. The van der Waals surface area contributed by atoms with Gasteiger partial charge < -0.3 is 14.7 Å². The lowest BCUT2D eigenvalue weighted by atomic mass is 10.0. The number of halogens is 3. The molecule has 0 aliphatic carbocycles. The summed E-state index contributed by atoms with van der Waals surface area (Å²) in [6.07, 6.45) is 0.814. The smallest absolute Gasteiger partial charge is 0.418 e. The van der Waals surface area contributed by atoms with Crippen molar-refractivity contribution in [1.82, 2.24) is 0 Å². The van der Waals surface area contributed by atoms with E-state index in [4.69, 9.17) is 9.47 Å². The zero-order valence-corrected chi connectivity index (χ0v) is 19.2. The van der Waals surface area contributed by atoms with Crippen LogP contribution in [-0.2, 0) is 30.0 Å². The Balaban J connectivity index is 2.62. The SMILES string of the molecule is C=CCN1C(=O)/C(=[N+](\[O-])C(/C=C/C(=O)OCC)C/C=C/C(=O)OCC)c2cccc(C(F)(F)F)c21. The molecule has 0 fully saturated rings. The van der Waals surface area contributed by atoms with Crippen molar-refractivity contribution in [3.8, 4) is 0 Å². The fourth-order valence-corrected chi connectivity index (χ4v) is 3.41. The van der Waals surface area contributed by atoms with Crippen LogP contribution in [0.25, 0.3) is 0 Å². The van der Waals surface area contributed by atoms with E-state index in [1.165, 1.54) is 18.2 Å². The van der Waals surface area contributed by atoms with Crippen LogP contribution in [0.15, 0.2) is 55.2 Å². The Hall–Kier alpha value is -3.89. The van der Waals surface area contributed by atoms with Gasteiger partial charge in [-0.3, -0.25) is 9.69 Å². The lowest BCUT2D eigenvalue weighted by molar-refractivity contribution is -0.485. The van der Waals surface area contributed by atoms with Gasteiger partial charge in [-0.15, -0.1) is 6.58 Å². The van der Waals surface area contributed by atoms with Gasteiger partial charge in [-0.25, -0.2) is 9.59 Å². The number of carbonyl (C=O) groups is 3. The maximum Gasteiger partial charge on any atom is 0.418 e. The fraction of sp³-hybridized carbons (Fsp3) is 0.333. The number of nitrogens with zero attached hydrogens (tertiary/aromatic N) is 2. The maximum absolute atomic E-state index is 13.7. The van der Waals surface area contributed by atoms with Crippen molar-refractivity contribution in [3.05, 3.63) is 71.5 Å². The first kappa shape index (κ1) is 27.4. The minimum absolute atomic E-state index is 0.0810. The fourth-order valence-electron chi connectivity index (χ4n) is 3.41. The maximum atomic E-state index is 13.7. The van der Waals surface area contributed by atoms with Crippen molar-refractivity contribution in [3.63, 3.8) is 0 Å². The first-order chi connectivity index (χ1) is 16.6. The van der Waals surface area contributed by atoms with Crippen molar-refractivity contribution in [2.75, 3.05) is 24.7 Å². The molecule has 1 aromatic rings. The van der Waals surface area contributed by atoms with Crippen LogP contribution in [0.2, 0.25) is 0 Å². The number of para-hydroxylation sites is 1. The lowest BCUT2D eigenvalue weighted by Crippen LogP contribution is -2.36. The average Bonchev–Trinajstić information content (AvgIpc) is 3.07. The van der Waals surface area contributed by atoms with Crippen LogP contribution in [0, 0.1) is 5.21 Å². The monoisotopic (exact) mass is 494 g/mol. The number of rotatable bonds is 10. The van der Waals surface area contributed by atoms with Crippen LogP contribution in [-0.4, -0.2) is 54.1 Å². The van der Waals surface area contributed by atoms with Crippen LogP contribution in [0.1, 0.15) is 31.4 Å². The van der Waals surface area contributed by atoms with E-state index >= 15 is 0 Å². The standard InChI is InChI=1S/C24H25F3N2O6/c1-4-15-28-21-17(10-8-11-18(21)24(25,26)27)22(23(28)32)29(33)16(13-14-20(31)35-6-3)9-7-12-19(30)34-5-2/h4,7-8,10-14,16H,1,5-6,9,15H2,2-3H3/b12-7+,14-13+,29-22-. The van der Waals surface area contributed by atoms with Gasteiger partial charge in [0.25, 0.3) is 5.71 Å². The number of hydrogen-bond acceptors (Lipinski definition) is 6. The van der Waals surface area contributed by atoms with Gasteiger partial charge in [0.1, 0.15) is 0 Å². The lowest BCUT2D eigenvalue weighted by Gasteiger charge is -2.18. The molecular weight excluding hydrogens is 469 g/mol. The molecule has 1 atom stereocenters. The molecule has 8 nitrogen and oxygen atoms in total. The normalized spacial score (nSPS) is 15.9. The zero-order chi connectivity index (χ0) is 26.2. The number of anilines is 1. The molecule has 1 aliphatic heterocycles. The van der Waals surface area contributed by atoms with E-state index in [-0.39, 0.29) is 36.5 Å². The van der Waals surface area contributed by atoms with E-state index in [1.54, 1.807) is 13.8 Å². The summed E-state index contributed by atoms with van der Waals surface area (Å²) in [6, 6.07) is 1.94. The Morgan fingerprint density at radius 3 is 2.37 bits per heavy atom. The molecule has 0 N–H and O–H groups in total. The van der Waals surface area contributed by atoms with Crippen LogP contribution < -0.4 is 4.90 Å². The van der Waals surface area contributed by atoms with E-state index < -0.39 is 47.0 Å². The summed E-state index contributed by atoms with van der Waals surface area (Å²) in [5.41, 5.74) is -2.26. The summed E-state index contributed by atoms with van der Waals surface area (Å²) in [7, 11) is 0. The molecule has 1 unspecified atom stereocenters. The Labute approximate surface area is 200 Å². The molecule has 1 amide bonds. The van der Waals surface area contributed by atoms with Crippen molar-refractivity contribution in [2.24, 2.45) is 0 Å². The third-order valence-electron chi connectivity index (χ3n) is 4.81. The number of fused-ring (bicyclic) bond motifs is 1. The third kappa shape index (κ3) is 6.58. The highest BCUT2D eigenvalue weighted by molar-refractivity contribution is 6.53. The van der Waals surface area contributed by atoms with Crippen molar-refractivity contribution in [2.45, 2.75) is 32.5 Å². The van der Waals surface area contributed by atoms with E-state index in [2.05, 4.69) is 6.58 Å². The second-order valence-corrected chi connectivity index (χ2v) is 7.15. The molecule has 0 saturated carbocycles. The van der Waals surface area contributed by atoms with Gasteiger partial charge in [-0.2, -0.15) is 17.9 Å². The van der Waals surface area contributed by atoms with Gasteiger partial charge in [-0.05, 0) is 32.1 Å². The summed E-state index contributed by atoms with van der Waals surface area (Å²) in [6.45, 7) is 6.62. The molecule has 0 spiro atoms. The minimum Gasteiger partial charge on any atom is -0.623 e. The van der Waals surface area contributed by atoms with Gasteiger partial charge in [-0.1, -0.05) is 18.2 Å². The molecule has 0 radical (unpaired) electrons. The van der Waals surface area contributed by atoms with Gasteiger partial charge in [0, 0.05) is 25.1 Å². The van der Waals surface area contributed by atoms with E-state index in [0.29, 0.717) is 0 Å². The summed E-state index contributed by atoms with van der Waals surface area (Å²) < 4.78 is 50.8. The van der Waals surface area contributed by atoms with E-state index in [0.717, 1.165) is 35.3 Å². The number of benzene rings is 1. The van der Waals surface area contributed by atoms with Gasteiger partial charge in [0.2, 0.25) is 0 Å². The first-order valence-electron chi connectivity index (χ1n) is 10.7. The molecule has 11 heteroatoms. The molecule has 35 heavy (non-hydrogen) atoms. The zero-order valence-electron chi connectivity index (χ0n) is 19.2. The van der Waals surface area contributed by atoms with Crippen LogP contribution in [0.4, 0.5) is 18.9 Å². The Morgan fingerprint density at radius 2 is 1.80 bits per heavy atom. The van der Waals surface area contributed by atoms with Crippen molar-refractivity contribution < 1.29 is 41.8 Å². The topological polar surface area (TPSA) is 99.0 Å². The summed E-state index contributed by atoms with van der Waals surface area (Å²) in [5.74, 6) is -2.37. The second-order valence-electron chi connectivity index (χ2n) is 7.15. The van der Waals surface area contributed by atoms with Gasteiger partial charge in [0.15, 0.2) is 6.04 Å². The Kier molecular flexibility index (Phi) is 9.38. The third-order valence-corrected chi connectivity index (χ3v) is 4.81. The number of alkyl halides is 3. The highest BCUT2D eigenvalue weighted by Crippen LogP contribution is 2.42. The molecule has 0 aromatic heterocycles. The predicted molar refractivity (Wildman–Crippen MR) is 122 cm³/mol. The highest BCUT2D eigenvalue weighted by atomic mass is 19.4. The average molecular weight is 494 g/mol. The predicted octanol–water partition coefficient (Wildman–Crippen LogP) is 3.53. The largest absolute Gasteiger partial charge is 0.623 e. The molecule has 1 aromatic carbocycles. The Bertz CT molecular complexity index is 1080. The molecular formula is C24H25F3N2O6. The number of hydrogen-bond donors (Lipinski definition) is 0. The first-order valence-corrected chi connectivity index (χ1v) is 10.7.